The highest BCUT2D eigenvalue weighted by atomic mass is 32.1. The summed E-state index contributed by atoms with van der Waals surface area (Å²) < 4.78 is 10.3. The molecule has 0 N–H and O–H groups in total. The van der Waals surface area contributed by atoms with Gasteiger partial charge in [0.25, 0.3) is 0 Å². The van der Waals surface area contributed by atoms with E-state index in [0.717, 1.165) is 19.3 Å². The van der Waals surface area contributed by atoms with Gasteiger partial charge in [0.15, 0.2) is 0 Å². The van der Waals surface area contributed by atoms with Crippen molar-refractivity contribution in [3.05, 3.63) is 22.4 Å². The van der Waals surface area contributed by atoms with Gasteiger partial charge in [0.2, 0.25) is 0 Å². The molecule has 0 radical (unpaired) electrons. The Morgan fingerprint density at radius 3 is 2.55 bits per heavy atom. The van der Waals surface area contributed by atoms with Crippen LogP contribution in [0.15, 0.2) is 16.8 Å². The number of carbonyl (C=O) groups excluding carboxylic acids is 2. The van der Waals surface area contributed by atoms with E-state index < -0.39 is 0 Å². The Bertz CT molecular complexity index is 441. The van der Waals surface area contributed by atoms with Crippen LogP contribution in [0.1, 0.15) is 31.7 Å². The van der Waals surface area contributed by atoms with Crippen LogP contribution in [0.4, 0.5) is 0 Å². The second-order valence-electron chi connectivity index (χ2n) is 5.01. The van der Waals surface area contributed by atoms with Gasteiger partial charge in [-0.1, -0.05) is 0 Å². The zero-order chi connectivity index (χ0) is 14.4. The van der Waals surface area contributed by atoms with Gasteiger partial charge in [-0.2, -0.15) is 11.3 Å². The number of thiophene rings is 1. The second kappa shape index (κ2) is 7.43. The van der Waals surface area contributed by atoms with Gasteiger partial charge >= 0.3 is 11.9 Å². The highest BCUT2D eigenvalue weighted by Gasteiger charge is 2.35. The zero-order valence-corrected chi connectivity index (χ0v) is 12.5. The Morgan fingerprint density at radius 2 is 1.95 bits per heavy atom. The van der Waals surface area contributed by atoms with Crippen LogP contribution < -0.4 is 0 Å². The van der Waals surface area contributed by atoms with E-state index in [1.165, 1.54) is 5.56 Å². The van der Waals surface area contributed by atoms with Gasteiger partial charge in [-0.3, -0.25) is 9.59 Å². The molecule has 4 nitrogen and oxygen atoms in total. The second-order valence-corrected chi connectivity index (χ2v) is 5.79. The highest BCUT2D eigenvalue weighted by molar-refractivity contribution is 7.07. The molecule has 2 atom stereocenters. The topological polar surface area (TPSA) is 52.6 Å². The average molecular weight is 296 g/mol. The molecule has 1 aromatic rings. The minimum absolute atomic E-state index is 0.135. The van der Waals surface area contributed by atoms with Crippen LogP contribution in [0.3, 0.4) is 0 Å². The molecule has 0 amide bonds. The third-order valence-corrected chi connectivity index (χ3v) is 4.33. The van der Waals surface area contributed by atoms with Crippen molar-refractivity contribution in [2.75, 3.05) is 13.2 Å². The minimum Gasteiger partial charge on any atom is -0.466 e. The fourth-order valence-corrected chi connectivity index (χ4v) is 3.20. The van der Waals surface area contributed by atoms with E-state index in [4.69, 9.17) is 9.47 Å². The summed E-state index contributed by atoms with van der Waals surface area (Å²) in [4.78, 5) is 23.5. The SMILES string of the molecule is CCOC(=O)[C@@H]1CC[C@H](C(=O)OCCc2ccsc2)C1. The van der Waals surface area contributed by atoms with Gasteiger partial charge in [-0.25, -0.2) is 0 Å². The van der Waals surface area contributed by atoms with Gasteiger partial charge in [0, 0.05) is 6.42 Å². The molecule has 1 aromatic heterocycles. The molecule has 0 unspecified atom stereocenters. The fourth-order valence-electron chi connectivity index (χ4n) is 2.49. The first kappa shape index (κ1) is 15.0. The molecule has 0 aliphatic heterocycles. The number of esters is 2. The molecule has 20 heavy (non-hydrogen) atoms. The van der Waals surface area contributed by atoms with Crippen molar-refractivity contribution < 1.29 is 19.1 Å². The summed E-state index contributed by atoms with van der Waals surface area (Å²) in [5, 5.41) is 4.07. The summed E-state index contributed by atoms with van der Waals surface area (Å²) in [6.07, 6.45) is 2.77. The molecule has 0 saturated heterocycles. The molecule has 0 spiro atoms. The Morgan fingerprint density at radius 1 is 1.25 bits per heavy atom. The molecular formula is C15H20O4S. The lowest BCUT2D eigenvalue weighted by molar-refractivity contribution is -0.149. The lowest BCUT2D eigenvalue weighted by Gasteiger charge is -2.10. The van der Waals surface area contributed by atoms with E-state index in [1.807, 2.05) is 11.4 Å². The van der Waals surface area contributed by atoms with Crippen LogP contribution in [-0.4, -0.2) is 25.2 Å². The highest BCUT2D eigenvalue weighted by Crippen LogP contribution is 2.32. The van der Waals surface area contributed by atoms with Crippen molar-refractivity contribution in [2.45, 2.75) is 32.6 Å². The average Bonchev–Trinajstić information content (AvgIpc) is 3.10. The van der Waals surface area contributed by atoms with Crippen molar-refractivity contribution in [1.82, 2.24) is 0 Å². The monoisotopic (exact) mass is 296 g/mol. The Hall–Kier alpha value is -1.36. The first-order valence-electron chi connectivity index (χ1n) is 7.05. The van der Waals surface area contributed by atoms with E-state index in [0.29, 0.717) is 19.6 Å². The van der Waals surface area contributed by atoms with Crippen molar-refractivity contribution in [3.63, 3.8) is 0 Å². The molecule has 5 heteroatoms. The zero-order valence-electron chi connectivity index (χ0n) is 11.7. The molecule has 2 rings (SSSR count). The number of hydrogen-bond donors (Lipinski definition) is 0. The number of ether oxygens (including phenoxy) is 2. The fraction of sp³-hybridized carbons (Fsp3) is 0.600. The summed E-state index contributed by atoms with van der Waals surface area (Å²) in [5.41, 5.74) is 1.19. The maximum Gasteiger partial charge on any atom is 0.308 e. The number of carbonyl (C=O) groups is 2. The van der Waals surface area contributed by atoms with Gasteiger partial charge in [0.05, 0.1) is 25.0 Å². The number of hydrogen-bond acceptors (Lipinski definition) is 5. The molecule has 0 bridgehead atoms. The normalized spacial score (nSPS) is 21.6. The predicted molar refractivity (Wildman–Crippen MR) is 76.4 cm³/mol. The first-order valence-corrected chi connectivity index (χ1v) is 7.99. The Balaban J connectivity index is 1.70. The van der Waals surface area contributed by atoms with Crippen molar-refractivity contribution in [3.8, 4) is 0 Å². The predicted octanol–water partition coefficient (Wildman–Crippen LogP) is 2.81. The summed E-state index contributed by atoms with van der Waals surface area (Å²) in [5.74, 6) is -0.635. The van der Waals surface area contributed by atoms with Gasteiger partial charge in [0.1, 0.15) is 0 Å². The van der Waals surface area contributed by atoms with Crippen LogP contribution in [0.5, 0.6) is 0 Å². The quantitative estimate of drug-likeness (QED) is 0.757. The van der Waals surface area contributed by atoms with E-state index >= 15 is 0 Å². The maximum atomic E-state index is 11.9. The summed E-state index contributed by atoms with van der Waals surface area (Å²) in [6, 6.07) is 2.03. The van der Waals surface area contributed by atoms with E-state index in [2.05, 4.69) is 5.38 Å². The summed E-state index contributed by atoms with van der Waals surface area (Å²) in [7, 11) is 0. The van der Waals surface area contributed by atoms with Crippen LogP contribution in [0.2, 0.25) is 0 Å². The van der Waals surface area contributed by atoms with Crippen molar-refractivity contribution >= 4 is 23.3 Å². The van der Waals surface area contributed by atoms with E-state index in [-0.39, 0.29) is 23.8 Å². The third-order valence-electron chi connectivity index (χ3n) is 3.60. The molecule has 1 aliphatic carbocycles. The minimum atomic E-state index is -0.180. The van der Waals surface area contributed by atoms with Gasteiger partial charge < -0.3 is 9.47 Å². The smallest absolute Gasteiger partial charge is 0.308 e. The van der Waals surface area contributed by atoms with Crippen LogP contribution in [0.25, 0.3) is 0 Å². The van der Waals surface area contributed by atoms with Crippen LogP contribution in [-0.2, 0) is 25.5 Å². The van der Waals surface area contributed by atoms with Gasteiger partial charge in [-0.15, -0.1) is 0 Å². The van der Waals surface area contributed by atoms with E-state index in [1.54, 1.807) is 18.3 Å². The lowest BCUT2D eigenvalue weighted by atomic mass is 10.1. The van der Waals surface area contributed by atoms with Gasteiger partial charge in [-0.05, 0) is 48.6 Å². The molecule has 1 aliphatic rings. The largest absolute Gasteiger partial charge is 0.466 e. The molecule has 1 fully saturated rings. The molecular weight excluding hydrogens is 276 g/mol. The van der Waals surface area contributed by atoms with Crippen LogP contribution in [0, 0.1) is 11.8 Å². The third kappa shape index (κ3) is 4.07. The summed E-state index contributed by atoms with van der Waals surface area (Å²) in [6.45, 7) is 2.60. The van der Waals surface area contributed by atoms with E-state index in [9.17, 15) is 9.59 Å². The molecule has 1 heterocycles. The Kier molecular flexibility index (Phi) is 5.59. The molecule has 1 saturated carbocycles. The Labute approximate surface area is 123 Å². The number of rotatable bonds is 6. The standard InChI is InChI=1S/C15H20O4S/c1-2-18-14(16)12-3-4-13(9-12)15(17)19-7-5-11-6-8-20-10-11/h6,8,10,12-13H,2-5,7,9H2,1H3/t12-,13+/m1/s1. The molecule has 0 aromatic carbocycles. The lowest BCUT2D eigenvalue weighted by Crippen LogP contribution is -2.19. The maximum absolute atomic E-state index is 11.9. The van der Waals surface area contributed by atoms with Crippen molar-refractivity contribution in [1.29, 1.82) is 0 Å². The molecule has 110 valence electrons. The van der Waals surface area contributed by atoms with Crippen LogP contribution >= 0.6 is 11.3 Å². The first-order chi connectivity index (χ1) is 9.70. The van der Waals surface area contributed by atoms with Crippen molar-refractivity contribution in [2.24, 2.45) is 11.8 Å². The summed E-state index contributed by atoms with van der Waals surface area (Å²) >= 11 is 1.64.